The summed E-state index contributed by atoms with van der Waals surface area (Å²) in [6.45, 7) is 1.12. The Morgan fingerprint density at radius 2 is 0.881 bits per heavy atom. The topological polar surface area (TPSA) is 89.9 Å². The zero-order valence-corrected chi connectivity index (χ0v) is 23.0. The van der Waals surface area contributed by atoms with Crippen LogP contribution in [0.4, 0.5) is 0 Å². The van der Waals surface area contributed by atoms with Gasteiger partial charge < -0.3 is 24.2 Å². The van der Waals surface area contributed by atoms with Crippen LogP contribution >= 0.6 is 0 Å². The Morgan fingerprint density at radius 3 is 1.31 bits per heavy atom. The highest BCUT2D eigenvalue weighted by Crippen LogP contribution is 2.42. The maximum atomic E-state index is 13.1. The highest BCUT2D eigenvalue weighted by atomic mass is 16.8. The number of nitrogens with zero attached hydrogens (tertiary/aromatic N) is 2. The summed E-state index contributed by atoms with van der Waals surface area (Å²) in [4.78, 5) is 0.399. The molecule has 6 rings (SSSR count). The minimum absolute atomic E-state index is 0.224. The van der Waals surface area contributed by atoms with Crippen molar-refractivity contribution in [3.8, 4) is 0 Å². The maximum absolute atomic E-state index is 13.1. The average molecular weight is 565 g/mol. The number of hydrogen-bond acceptors (Lipinski definition) is 7. The molecule has 1 aliphatic rings. The molecule has 0 spiro atoms. The third-order valence-electron chi connectivity index (χ3n) is 7.25. The van der Waals surface area contributed by atoms with E-state index in [1.54, 1.807) is 0 Å². The van der Waals surface area contributed by atoms with Gasteiger partial charge >= 0.3 is 0 Å². The van der Waals surface area contributed by atoms with Crippen molar-refractivity contribution in [1.82, 2.24) is 5.16 Å². The Hall–Kier alpha value is -4.34. The Kier molecular flexibility index (Phi) is 8.97. The summed E-state index contributed by atoms with van der Waals surface area (Å²) in [7, 11) is 0. The molecule has 1 aliphatic carbocycles. The van der Waals surface area contributed by atoms with Crippen LogP contribution in [0.3, 0.4) is 0 Å². The smallest absolute Gasteiger partial charge is 0.255 e. The van der Waals surface area contributed by atoms with E-state index in [4.69, 9.17) is 23.6 Å². The van der Waals surface area contributed by atoms with E-state index >= 15 is 0 Å². The Bertz CT molecular complexity index is 1520. The first kappa shape index (κ1) is 27.8. The van der Waals surface area contributed by atoms with Crippen molar-refractivity contribution in [2.45, 2.75) is 50.8 Å². The van der Waals surface area contributed by atoms with E-state index in [1.807, 2.05) is 121 Å². The lowest BCUT2D eigenvalue weighted by atomic mass is 9.89. The third-order valence-corrected chi connectivity index (χ3v) is 7.25. The fraction of sp³-hybridized carbons (Fsp3) is 0.235. The van der Waals surface area contributed by atoms with E-state index in [0.717, 1.165) is 22.3 Å². The summed E-state index contributed by atoms with van der Waals surface area (Å²) in [5.41, 5.74) is 4.47. The van der Waals surface area contributed by atoms with Crippen LogP contribution in [0.15, 0.2) is 126 Å². The van der Waals surface area contributed by atoms with Crippen molar-refractivity contribution in [3.05, 3.63) is 160 Å². The number of fused-ring (bicyclic) bond motifs is 1. The predicted molar refractivity (Wildman–Crippen MR) is 153 cm³/mol. The fourth-order valence-corrected chi connectivity index (χ4v) is 5.13. The summed E-state index contributed by atoms with van der Waals surface area (Å²) >= 11 is 0. The van der Waals surface area contributed by atoms with Gasteiger partial charge in [0.15, 0.2) is 12.2 Å². The lowest BCUT2D eigenvalue weighted by Gasteiger charge is -2.38. The number of aromatic nitrogens is 2. The molecule has 0 saturated carbocycles. The van der Waals surface area contributed by atoms with Crippen LogP contribution in [0.2, 0.25) is 0 Å². The van der Waals surface area contributed by atoms with Crippen LogP contribution in [0.25, 0.3) is 0 Å². The molecule has 0 aliphatic heterocycles. The molecule has 1 aromatic heterocycles. The van der Waals surface area contributed by atoms with E-state index in [2.05, 4.69) is 5.16 Å². The van der Waals surface area contributed by atoms with Gasteiger partial charge in [-0.1, -0.05) is 121 Å². The first-order valence-electron chi connectivity index (χ1n) is 14.0. The average Bonchev–Trinajstić information content (AvgIpc) is 3.44. The molecule has 0 unspecified atom stereocenters. The Labute approximate surface area is 244 Å². The predicted octanol–water partition coefficient (Wildman–Crippen LogP) is 6.01. The Morgan fingerprint density at radius 1 is 0.524 bits per heavy atom. The molecule has 0 saturated heterocycles. The normalized spacial score (nSPS) is 19.8. The van der Waals surface area contributed by atoms with Crippen molar-refractivity contribution in [1.29, 1.82) is 0 Å². The van der Waals surface area contributed by atoms with Gasteiger partial charge in [-0.25, -0.2) is 0 Å². The first-order chi connectivity index (χ1) is 20.8. The summed E-state index contributed by atoms with van der Waals surface area (Å²) in [6.07, 6.45) is -2.97. The summed E-state index contributed by atoms with van der Waals surface area (Å²) in [5.74, 6) is 0. The van der Waals surface area contributed by atoms with Gasteiger partial charge in [0.05, 0.1) is 26.4 Å². The molecule has 0 fully saturated rings. The number of hydrogen-bond donors (Lipinski definition) is 0. The molecule has 1 heterocycles. The summed E-state index contributed by atoms with van der Waals surface area (Å²) < 4.78 is 31.2. The van der Waals surface area contributed by atoms with Gasteiger partial charge in [-0.3, -0.25) is 4.63 Å². The summed E-state index contributed by atoms with van der Waals surface area (Å²) in [6, 6.07) is 39.4. The van der Waals surface area contributed by atoms with Crippen molar-refractivity contribution >= 4 is 0 Å². The highest BCUT2D eigenvalue weighted by Gasteiger charge is 2.53. The fourth-order valence-electron chi connectivity index (χ4n) is 5.13. The zero-order chi connectivity index (χ0) is 28.6. The van der Waals surface area contributed by atoms with Gasteiger partial charge in [-0.05, 0) is 27.2 Å². The van der Waals surface area contributed by atoms with Gasteiger partial charge in [-0.2, -0.15) is 0 Å². The molecule has 0 bridgehead atoms. The molecular weight excluding hydrogens is 532 g/mol. The van der Waals surface area contributed by atoms with E-state index in [1.165, 1.54) is 0 Å². The molecule has 42 heavy (non-hydrogen) atoms. The molecule has 5 aromatic rings. The second-order valence-electron chi connectivity index (χ2n) is 10.2. The van der Waals surface area contributed by atoms with Crippen molar-refractivity contribution in [3.63, 3.8) is 0 Å². The number of benzene rings is 4. The van der Waals surface area contributed by atoms with Crippen molar-refractivity contribution in [2.75, 3.05) is 0 Å². The minimum Gasteiger partial charge on any atom is -0.367 e. The molecule has 0 amide bonds. The Balaban J connectivity index is 1.36. The lowest BCUT2D eigenvalue weighted by Crippen LogP contribution is -2.50. The van der Waals surface area contributed by atoms with E-state index < -0.39 is 24.4 Å². The molecular formula is C34H32N2O6. The molecule has 0 N–H and O–H groups in total. The van der Waals surface area contributed by atoms with E-state index in [9.17, 15) is 5.21 Å². The van der Waals surface area contributed by atoms with Crippen LogP contribution in [0.5, 0.6) is 0 Å². The minimum atomic E-state index is -0.829. The van der Waals surface area contributed by atoms with E-state index in [-0.39, 0.29) is 25.5 Å². The van der Waals surface area contributed by atoms with E-state index in [0.29, 0.717) is 17.2 Å². The van der Waals surface area contributed by atoms with Gasteiger partial charge in [0.1, 0.15) is 12.2 Å². The van der Waals surface area contributed by atoms with Crippen LogP contribution < -0.4 is 4.90 Å². The molecule has 8 heteroatoms. The van der Waals surface area contributed by atoms with Gasteiger partial charge in [0, 0.05) is 5.16 Å². The lowest BCUT2D eigenvalue weighted by molar-refractivity contribution is -0.811. The van der Waals surface area contributed by atoms with Gasteiger partial charge in [0.2, 0.25) is 5.69 Å². The maximum Gasteiger partial charge on any atom is 0.255 e. The molecule has 4 atom stereocenters. The second-order valence-corrected chi connectivity index (χ2v) is 10.2. The second kappa shape index (κ2) is 13.5. The quantitative estimate of drug-likeness (QED) is 0.172. The third kappa shape index (κ3) is 6.58. The number of rotatable bonds is 12. The highest BCUT2D eigenvalue weighted by molar-refractivity contribution is 5.23. The molecule has 8 nitrogen and oxygen atoms in total. The first-order valence-corrected chi connectivity index (χ1v) is 14.0. The van der Waals surface area contributed by atoms with Crippen molar-refractivity contribution < 1.29 is 28.5 Å². The molecule has 214 valence electrons. The largest absolute Gasteiger partial charge is 0.367 e. The van der Waals surface area contributed by atoms with Gasteiger partial charge in [0.25, 0.3) is 5.69 Å². The van der Waals surface area contributed by atoms with Crippen LogP contribution in [0.1, 0.15) is 45.8 Å². The van der Waals surface area contributed by atoms with Gasteiger partial charge in [-0.15, -0.1) is 0 Å². The summed E-state index contributed by atoms with van der Waals surface area (Å²) in [5, 5.41) is 17.2. The molecule has 0 radical (unpaired) electrons. The van der Waals surface area contributed by atoms with Crippen LogP contribution in [-0.2, 0) is 45.4 Å². The molecule has 4 aromatic carbocycles. The zero-order valence-electron chi connectivity index (χ0n) is 23.0. The SMILES string of the molecule is [O-][n+]1onc2c1[C@@H](OCc1ccccc1)[C@@H](OCc1ccccc1)[C@H](OCc1ccccc1)[C@@H]2OCc1ccccc1. The standard InChI is InChI=1S/C34H32N2O6/c37-36-30-29(35-42-36)31(38-21-25-13-5-1-6-14-25)33(40-23-27-17-9-3-10-18-27)34(41-24-28-19-11-4-12-20-28)32(30)39-22-26-15-7-2-8-16-26/h1-20,31-34H,21-24H2/t31-,32-,33-,34-/m1/s1. The monoisotopic (exact) mass is 564 g/mol. The van der Waals surface area contributed by atoms with Crippen LogP contribution in [0, 0.1) is 5.21 Å². The van der Waals surface area contributed by atoms with Crippen molar-refractivity contribution in [2.24, 2.45) is 0 Å². The number of ether oxygens (including phenoxy) is 4. The van der Waals surface area contributed by atoms with Crippen LogP contribution in [-0.4, -0.2) is 17.4 Å².